The molecule has 1 atom stereocenters. The van der Waals surface area contributed by atoms with Crippen molar-refractivity contribution in [2.24, 2.45) is 17.6 Å². The Kier molecular flexibility index (Phi) is 6.23. The first-order valence-electron chi connectivity index (χ1n) is 7.25. The second kappa shape index (κ2) is 7.44. The van der Waals surface area contributed by atoms with E-state index in [0.717, 1.165) is 6.42 Å². The Hall–Kier alpha value is -1.15. The molecule has 2 nitrogen and oxygen atoms in total. The van der Waals surface area contributed by atoms with Gasteiger partial charge in [0.05, 0.1) is 0 Å². The molecule has 0 unspecified atom stereocenters. The molecule has 0 heterocycles. The van der Waals surface area contributed by atoms with E-state index in [1.807, 2.05) is 13.8 Å². The molecule has 1 rings (SSSR count). The lowest BCUT2D eigenvalue weighted by Crippen LogP contribution is -2.19. The number of hydrogen-bond acceptors (Lipinski definition) is 2. The second-order valence-electron chi connectivity index (χ2n) is 6.10. The minimum Gasteiger partial charge on any atom is -0.330 e. The van der Waals surface area contributed by atoms with E-state index in [0.29, 0.717) is 24.7 Å². The standard InChI is InChI=1S/C17H27NO/c1-12(2)8-14-6-5-7-15(9-14)16(11-18)10-17(19)13(3)4/h5-7,9,12-13,16H,8,10-11,18H2,1-4H3/t16-/m1/s1. The Bertz CT molecular complexity index is 409. The van der Waals surface area contributed by atoms with Crippen LogP contribution in [0.5, 0.6) is 0 Å². The van der Waals surface area contributed by atoms with Crippen LogP contribution in [0.2, 0.25) is 0 Å². The third kappa shape index (κ3) is 5.15. The van der Waals surface area contributed by atoms with Gasteiger partial charge in [-0.15, -0.1) is 0 Å². The predicted molar refractivity (Wildman–Crippen MR) is 81.2 cm³/mol. The summed E-state index contributed by atoms with van der Waals surface area (Å²) in [6.45, 7) is 8.87. The third-order valence-corrected chi connectivity index (χ3v) is 3.44. The number of carbonyl (C=O) groups is 1. The summed E-state index contributed by atoms with van der Waals surface area (Å²) in [5, 5.41) is 0. The van der Waals surface area contributed by atoms with E-state index >= 15 is 0 Å². The van der Waals surface area contributed by atoms with Crippen LogP contribution in [-0.4, -0.2) is 12.3 Å². The Morgan fingerprint density at radius 3 is 2.42 bits per heavy atom. The first-order chi connectivity index (χ1) is 8.93. The Balaban J connectivity index is 2.83. The van der Waals surface area contributed by atoms with Crippen molar-refractivity contribution >= 4 is 5.78 Å². The van der Waals surface area contributed by atoms with E-state index in [4.69, 9.17) is 5.73 Å². The van der Waals surface area contributed by atoms with Gasteiger partial charge in [-0.05, 0) is 30.0 Å². The van der Waals surface area contributed by atoms with Crippen LogP contribution >= 0.6 is 0 Å². The highest BCUT2D eigenvalue weighted by molar-refractivity contribution is 5.81. The predicted octanol–water partition coefficient (Wildman–Crippen LogP) is 3.54. The van der Waals surface area contributed by atoms with Gasteiger partial charge in [-0.3, -0.25) is 4.79 Å². The summed E-state index contributed by atoms with van der Waals surface area (Å²) in [6.07, 6.45) is 1.63. The van der Waals surface area contributed by atoms with Crippen LogP contribution in [0, 0.1) is 11.8 Å². The number of rotatable bonds is 7. The number of carbonyl (C=O) groups excluding carboxylic acids is 1. The quantitative estimate of drug-likeness (QED) is 0.815. The van der Waals surface area contributed by atoms with E-state index in [-0.39, 0.29) is 11.8 Å². The Morgan fingerprint density at radius 2 is 1.89 bits per heavy atom. The smallest absolute Gasteiger partial charge is 0.136 e. The van der Waals surface area contributed by atoms with E-state index in [9.17, 15) is 4.79 Å². The van der Waals surface area contributed by atoms with Gasteiger partial charge in [-0.1, -0.05) is 52.0 Å². The number of hydrogen-bond donors (Lipinski definition) is 1. The summed E-state index contributed by atoms with van der Waals surface area (Å²) in [5.41, 5.74) is 8.39. The molecule has 2 N–H and O–H groups in total. The van der Waals surface area contributed by atoms with Crippen LogP contribution in [0.4, 0.5) is 0 Å². The molecule has 0 spiro atoms. The van der Waals surface area contributed by atoms with Gasteiger partial charge in [0.1, 0.15) is 5.78 Å². The van der Waals surface area contributed by atoms with E-state index in [1.165, 1.54) is 11.1 Å². The van der Waals surface area contributed by atoms with Crippen molar-refractivity contribution in [1.29, 1.82) is 0 Å². The molecule has 0 bridgehead atoms. The summed E-state index contributed by atoms with van der Waals surface area (Å²) >= 11 is 0. The van der Waals surface area contributed by atoms with Crippen molar-refractivity contribution < 1.29 is 4.79 Å². The Morgan fingerprint density at radius 1 is 1.21 bits per heavy atom. The first-order valence-corrected chi connectivity index (χ1v) is 7.25. The van der Waals surface area contributed by atoms with Crippen molar-refractivity contribution in [1.82, 2.24) is 0 Å². The molecule has 2 heteroatoms. The molecule has 0 saturated carbocycles. The molecule has 1 aromatic rings. The van der Waals surface area contributed by atoms with Crippen LogP contribution in [-0.2, 0) is 11.2 Å². The van der Waals surface area contributed by atoms with Gasteiger partial charge in [0.2, 0.25) is 0 Å². The lowest BCUT2D eigenvalue weighted by atomic mass is 9.89. The molecule has 0 aliphatic heterocycles. The van der Waals surface area contributed by atoms with Gasteiger partial charge < -0.3 is 5.73 Å². The average molecular weight is 261 g/mol. The molecule has 0 aliphatic carbocycles. The molecule has 0 saturated heterocycles. The van der Waals surface area contributed by atoms with Crippen LogP contribution in [0.1, 0.15) is 51.2 Å². The fourth-order valence-corrected chi connectivity index (χ4v) is 2.26. The molecule has 0 aromatic heterocycles. The monoisotopic (exact) mass is 261 g/mol. The second-order valence-corrected chi connectivity index (χ2v) is 6.10. The molecule has 0 fully saturated rings. The highest BCUT2D eigenvalue weighted by atomic mass is 16.1. The van der Waals surface area contributed by atoms with E-state index in [1.54, 1.807) is 0 Å². The molecule has 106 valence electrons. The first kappa shape index (κ1) is 15.9. The zero-order valence-corrected chi connectivity index (χ0v) is 12.6. The number of ketones is 1. The molecular weight excluding hydrogens is 234 g/mol. The van der Waals surface area contributed by atoms with Crippen LogP contribution in [0.15, 0.2) is 24.3 Å². The molecule has 0 radical (unpaired) electrons. The van der Waals surface area contributed by atoms with Gasteiger partial charge >= 0.3 is 0 Å². The van der Waals surface area contributed by atoms with Crippen molar-refractivity contribution in [2.75, 3.05) is 6.54 Å². The lowest BCUT2D eigenvalue weighted by molar-refractivity contribution is -0.122. The van der Waals surface area contributed by atoms with Crippen molar-refractivity contribution in [3.63, 3.8) is 0 Å². The zero-order chi connectivity index (χ0) is 14.4. The van der Waals surface area contributed by atoms with E-state index < -0.39 is 0 Å². The average Bonchev–Trinajstić information content (AvgIpc) is 2.34. The normalized spacial score (nSPS) is 13.0. The van der Waals surface area contributed by atoms with Crippen molar-refractivity contribution in [3.05, 3.63) is 35.4 Å². The van der Waals surface area contributed by atoms with Gasteiger partial charge in [0, 0.05) is 18.3 Å². The molecule has 1 aromatic carbocycles. The summed E-state index contributed by atoms with van der Waals surface area (Å²) in [6, 6.07) is 8.54. The fourth-order valence-electron chi connectivity index (χ4n) is 2.26. The van der Waals surface area contributed by atoms with Gasteiger partial charge in [0.25, 0.3) is 0 Å². The summed E-state index contributed by atoms with van der Waals surface area (Å²) in [4.78, 5) is 11.9. The van der Waals surface area contributed by atoms with Crippen LogP contribution in [0.25, 0.3) is 0 Å². The lowest BCUT2D eigenvalue weighted by Gasteiger charge is -2.17. The maximum absolute atomic E-state index is 11.9. The largest absolute Gasteiger partial charge is 0.330 e. The Labute approximate surface area is 117 Å². The molecule has 0 aliphatic rings. The third-order valence-electron chi connectivity index (χ3n) is 3.44. The van der Waals surface area contributed by atoms with Crippen molar-refractivity contribution in [2.45, 2.75) is 46.5 Å². The van der Waals surface area contributed by atoms with Crippen molar-refractivity contribution in [3.8, 4) is 0 Å². The number of Topliss-reactive ketones (excluding diaryl/α,β-unsaturated/α-hetero) is 1. The van der Waals surface area contributed by atoms with Gasteiger partial charge in [-0.25, -0.2) is 0 Å². The minimum atomic E-state index is 0.0906. The molecule has 0 amide bonds. The molecular formula is C17H27NO. The minimum absolute atomic E-state index is 0.0906. The number of nitrogens with two attached hydrogens (primary N) is 1. The maximum Gasteiger partial charge on any atom is 0.136 e. The SMILES string of the molecule is CC(C)Cc1cccc([C@@H](CN)CC(=O)C(C)C)c1. The summed E-state index contributed by atoms with van der Waals surface area (Å²) in [7, 11) is 0. The maximum atomic E-state index is 11.9. The van der Waals surface area contributed by atoms with E-state index in [2.05, 4.69) is 38.1 Å². The highest BCUT2D eigenvalue weighted by Gasteiger charge is 2.17. The summed E-state index contributed by atoms with van der Waals surface area (Å²) in [5.74, 6) is 1.18. The van der Waals surface area contributed by atoms with Crippen LogP contribution < -0.4 is 5.73 Å². The number of benzene rings is 1. The fraction of sp³-hybridized carbons (Fsp3) is 0.588. The topological polar surface area (TPSA) is 43.1 Å². The van der Waals surface area contributed by atoms with Gasteiger partial charge in [0.15, 0.2) is 0 Å². The molecule has 19 heavy (non-hydrogen) atoms. The zero-order valence-electron chi connectivity index (χ0n) is 12.6. The van der Waals surface area contributed by atoms with Crippen LogP contribution in [0.3, 0.4) is 0 Å². The van der Waals surface area contributed by atoms with Gasteiger partial charge in [-0.2, -0.15) is 0 Å². The highest BCUT2D eigenvalue weighted by Crippen LogP contribution is 2.22. The summed E-state index contributed by atoms with van der Waals surface area (Å²) < 4.78 is 0.